The Kier molecular flexibility index (Phi) is 4.12. The maximum atomic E-state index is 13.8. The Hall–Kier alpha value is -0.940. The van der Waals surface area contributed by atoms with Gasteiger partial charge in [0, 0.05) is 5.56 Å². The van der Waals surface area contributed by atoms with Gasteiger partial charge in [-0.25, -0.2) is 4.39 Å². The molecular formula is C12H12ClFN2S. The van der Waals surface area contributed by atoms with Crippen molar-refractivity contribution in [3.8, 4) is 0 Å². The lowest BCUT2D eigenvalue weighted by atomic mass is 10.0. The van der Waals surface area contributed by atoms with Crippen LogP contribution in [0.3, 0.4) is 0 Å². The Labute approximate surface area is 108 Å². The number of hydrogen-bond acceptors (Lipinski definition) is 3. The van der Waals surface area contributed by atoms with Gasteiger partial charge in [-0.1, -0.05) is 23.7 Å². The molecular weight excluding hydrogens is 259 g/mol. The van der Waals surface area contributed by atoms with Gasteiger partial charge < -0.3 is 0 Å². The largest absolute Gasteiger partial charge is 0.271 e. The molecule has 2 nitrogen and oxygen atoms in total. The number of hydrogen-bond donors (Lipinski definition) is 2. The van der Waals surface area contributed by atoms with Crippen LogP contribution in [-0.4, -0.2) is 0 Å². The summed E-state index contributed by atoms with van der Waals surface area (Å²) in [5.41, 5.74) is 4.25. The summed E-state index contributed by atoms with van der Waals surface area (Å²) in [6.07, 6.45) is 0.636. The fraction of sp³-hybridized carbons (Fsp3) is 0.167. The second kappa shape index (κ2) is 5.60. The SMILES string of the molecule is NNC(Cc1ccsc1)c1cccc(Cl)c1F. The standard InChI is InChI=1S/C12H12ClFN2S/c13-10-3-1-2-9(12(10)14)11(16-15)6-8-4-5-17-7-8/h1-5,7,11,16H,6,15H2. The average molecular weight is 271 g/mol. The topological polar surface area (TPSA) is 38.0 Å². The molecule has 0 spiro atoms. The second-order valence-electron chi connectivity index (χ2n) is 3.70. The number of nitrogens with two attached hydrogens (primary N) is 1. The summed E-state index contributed by atoms with van der Waals surface area (Å²) >= 11 is 7.36. The molecule has 0 saturated carbocycles. The van der Waals surface area contributed by atoms with Gasteiger partial charge in [0.2, 0.25) is 0 Å². The van der Waals surface area contributed by atoms with E-state index < -0.39 is 5.82 Å². The summed E-state index contributed by atoms with van der Waals surface area (Å²) in [6, 6.07) is 6.66. The fourth-order valence-corrected chi connectivity index (χ4v) is 2.56. The molecule has 2 aromatic rings. The number of benzene rings is 1. The molecule has 0 aliphatic rings. The van der Waals surface area contributed by atoms with Crippen LogP contribution in [0.15, 0.2) is 35.0 Å². The molecule has 0 aliphatic heterocycles. The molecule has 0 bridgehead atoms. The van der Waals surface area contributed by atoms with E-state index in [1.165, 1.54) is 6.07 Å². The van der Waals surface area contributed by atoms with E-state index >= 15 is 0 Å². The first-order valence-corrected chi connectivity index (χ1v) is 6.45. The molecule has 0 aliphatic carbocycles. The van der Waals surface area contributed by atoms with Crippen molar-refractivity contribution in [1.82, 2.24) is 5.43 Å². The quantitative estimate of drug-likeness (QED) is 0.661. The number of hydrazine groups is 1. The minimum absolute atomic E-state index is 0.119. The van der Waals surface area contributed by atoms with Crippen LogP contribution in [0.2, 0.25) is 5.02 Å². The third-order valence-electron chi connectivity index (χ3n) is 2.58. The predicted molar refractivity (Wildman–Crippen MR) is 69.5 cm³/mol. The molecule has 1 atom stereocenters. The van der Waals surface area contributed by atoms with Gasteiger partial charge in [0.15, 0.2) is 0 Å². The van der Waals surface area contributed by atoms with Crippen LogP contribution in [0, 0.1) is 5.82 Å². The summed E-state index contributed by atoms with van der Waals surface area (Å²) in [5, 5.41) is 4.12. The van der Waals surface area contributed by atoms with Gasteiger partial charge in [-0.15, -0.1) is 0 Å². The molecule has 2 rings (SSSR count). The van der Waals surface area contributed by atoms with Crippen LogP contribution in [-0.2, 0) is 6.42 Å². The smallest absolute Gasteiger partial charge is 0.146 e. The monoisotopic (exact) mass is 270 g/mol. The third kappa shape index (κ3) is 2.84. The summed E-state index contributed by atoms with van der Waals surface area (Å²) in [7, 11) is 0. The molecule has 0 fully saturated rings. The molecule has 90 valence electrons. The Balaban J connectivity index is 2.26. The Morgan fingerprint density at radius 3 is 2.88 bits per heavy atom. The van der Waals surface area contributed by atoms with Crippen LogP contribution >= 0.6 is 22.9 Å². The van der Waals surface area contributed by atoms with Crippen LogP contribution < -0.4 is 11.3 Å². The Bertz CT molecular complexity index is 487. The maximum Gasteiger partial charge on any atom is 0.146 e. The van der Waals surface area contributed by atoms with E-state index in [1.54, 1.807) is 23.5 Å². The lowest BCUT2D eigenvalue weighted by Crippen LogP contribution is -2.30. The summed E-state index contributed by atoms with van der Waals surface area (Å²) < 4.78 is 13.8. The van der Waals surface area contributed by atoms with E-state index in [2.05, 4.69) is 5.43 Å². The summed E-state index contributed by atoms with van der Waals surface area (Å²) in [5.74, 6) is 5.07. The predicted octanol–water partition coefficient (Wildman–Crippen LogP) is 3.29. The molecule has 5 heteroatoms. The second-order valence-corrected chi connectivity index (χ2v) is 4.89. The van der Waals surface area contributed by atoms with Crippen LogP contribution in [0.25, 0.3) is 0 Å². The normalized spacial score (nSPS) is 12.6. The van der Waals surface area contributed by atoms with Crippen molar-refractivity contribution in [2.75, 3.05) is 0 Å². The maximum absolute atomic E-state index is 13.8. The minimum atomic E-state index is -0.410. The number of rotatable bonds is 4. The summed E-state index contributed by atoms with van der Waals surface area (Å²) in [4.78, 5) is 0. The van der Waals surface area contributed by atoms with Gasteiger partial charge in [-0.2, -0.15) is 11.3 Å². The van der Waals surface area contributed by atoms with Crippen LogP contribution in [0.1, 0.15) is 17.2 Å². The van der Waals surface area contributed by atoms with Gasteiger partial charge in [-0.05, 0) is 34.9 Å². The fourth-order valence-electron chi connectivity index (χ4n) is 1.69. The van der Waals surface area contributed by atoms with E-state index in [1.807, 2.05) is 16.8 Å². The average Bonchev–Trinajstić information content (AvgIpc) is 2.83. The van der Waals surface area contributed by atoms with Gasteiger partial charge in [0.25, 0.3) is 0 Å². The van der Waals surface area contributed by atoms with Crippen LogP contribution in [0.4, 0.5) is 4.39 Å². The first kappa shape index (κ1) is 12.5. The molecule has 1 unspecified atom stereocenters. The highest BCUT2D eigenvalue weighted by molar-refractivity contribution is 7.07. The van der Waals surface area contributed by atoms with Crippen molar-refractivity contribution in [2.24, 2.45) is 5.84 Å². The highest BCUT2D eigenvalue weighted by Crippen LogP contribution is 2.25. The highest BCUT2D eigenvalue weighted by Gasteiger charge is 2.16. The lowest BCUT2D eigenvalue weighted by molar-refractivity contribution is 0.511. The van der Waals surface area contributed by atoms with Gasteiger partial charge in [0.1, 0.15) is 5.82 Å². The number of thiophene rings is 1. The van der Waals surface area contributed by atoms with Crippen molar-refractivity contribution >= 4 is 22.9 Å². The van der Waals surface area contributed by atoms with E-state index in [4.69, 9.17) is 17.4 Å². The molecule has 17 heavy (non-hydrogen) atoms. The minimum Gasteiger partial charge on any atom is -0.271 e. The zero-order chi connectivity index (χ0) is 12.3. The van der Waals surface area contributed by atoms with Crippen molar-refractivity contribution in [3.05, 3.63) is 57.0 Å². The first-order valence-electron chi connectivity index (χ1n) is 5.13. The van der Waals surface area contributed by atoms with Crippen LogP contribution in [0.5, 0.6) is 0 Å². The van der Waals surface area contributed by atoms with E-state index in [9.17, 15) is 4.39 Å². The molecule has 0 amide bonds. The van der Waals surface area contributed by atoms with Crippen molar-refractivity contribution in [1.29, 1.82) is 0 Å². The third-order valence-corrected chi connectivity index (χ3v) is 3.60. The van der Waals surface area contributed by atoms with Crippen molar-refractivity contribution < 1.29 is 4.39 Å². The van der Waals surface area contributed by atoms with E-state index in [0.717, 1.165) is 5.56 Å². The molecule has 1 aromatic heterocycles. The lowest BCUT2D eigenvalue weighted by Gasteiger charge is -2.16. The van der Waals surface area contributed by atoms with Crippen molar-refractivity contribution in [2.45, 2.75) is 12.5 Å². The first-order chi connectivity index (χ1) is 8.22. The molecule has 3 N–H and O–H groups in total. The molecule has 1 aromatic carbocycles. The number of nitrogens with one attached hydrogen (secondary N) is 1. The zero-order valence-corrected chi connectivity index (χ0v) is 10.6. The number of halogens is 2. The molecule has 0 radical (unpaired) electrons. The molecule has 0 saturated heterocycles. The highest BCUT2D eigenvalue weighted by atomic mass is 35.5. The Morgan fingerprint density at radius 1 is 1.41 bits per heavy atom. The zero-order valence-electron chi connectivity index (χ0n) is 8.99. The van der Waals surface area contributed by atoms with E-state index in [-0.39, 0.29) is 11.1 Å². The van der Waals surface area contributed by atoms with Gasteiger partial charge >= 0.3 is 0 Å². The van der Waals surface area contributed by atoms with Gasteiger partial charge in [-0.3, -0.25) is 11.3 Å². The Morgan fingerprint density at radius 2 is 2.24 bits per heavy atom. The van der Waals surface area contributed by atoms with E-state index in [0.29, 0.717) is 12.0 Å². The van der Waals surface area contributed by atoms with Crippen molar-refractivity contribution in [3.63, 3.8) is 0 Å². The molecule has 1 heterocycles. The van der Waals surface area contributed by atoms with Gasteiger partial charge in [0.05, 0.1) is 11.1 Å². The summed E-state index contributed by atoms with van der Waals surface area (Å²) in [6.45, 7) is 0.